The number of carbonyl (C=O) groups excluding carboxylic acids is 2. The second kappa shape index (κ2) is 6.48. The minimum Gasteiger partial charge on any atom is -0.493 e. The summed E-state index contributed by atoms with van der Waals surface area (Å²) in [4.78, 5) is 25.2. The first kappa shape index (κ1) is 15.0. The van der Waals surface area contributed by atoms with Crippen molar-refractivity contribution in [1.82, 2.24) is 4.90 Å². The van der Waals surface area contributed by atoms with Gasteiger partial charge in [0.15, 0.2) is 0 Å². The zero-order valence-corrected chi connectivity index (χ0v) is 12.6. The number of carbonyl (C=O) groups is 2. The van der Waals surface area contributed by atoms with Gasteiger partial charge in [0.1, 0.15) is 12.0 Å². The molecule has 118 valence electrons. The van der Waals surface area contributed by atoms with E-state index >= 15 is 0 Å². The van der Waals surface area contributed by atoms with Crippen LogP contribution < -0.4 is 4.74 Å². The molecule has 0 atom stereocenters. The molecule has 2 fully saturated rings. The van der Waals surface area contributed by atoms with Gasteiger partial charge in [-0.25, -0.2) is 0 Å². The molecule has 0 radical (unpaired) electrons. The minimum atomic E-state index is -0.0367. The van der Waals surface area contributed by atoms with Gasteiger partial charge in [0.05, 0.1) is 25.2 Å². The van der Waals surface area contributed by atoms with E-state index in [1.807, 2.05) is 4.90 Å². The Labute approximate surface area is 130 Å². The minimum absolute atomic E-state index is 0.0367. The molecule has 0 N–H and O–H groups in total. The van der Waals surface area contributed by atoms with E-state index in [-0.39, 0.29) is 11.4 Å². The van der Waals surface area contributed by atoms with Crippen LogP contribution in [0, 0.1) is 0 Å². The topological polar surface area (TPSA) is 55.8 Å². The van der Waals surface area contributed by atoms with E-state index in [1.165, 1.54) is 0 Å². The molecular weight excluding hydrogens is 282 g/mol. The van der Waals surface area contributed by atoms with Crippen LogP contribution in [0.3, 0.4) is 0 Å². The van der Waals surface area contributed by atoms with Crippen molar-refractivity contribution in [3.8, 4) is 5.75 Å². The summed E-state index contributed by atoms with van der Waals surface area (Å²) in [7, 11) is 0. The molecule has 0 aromatic heterocycles. The summed E-state index contributed by atoms with van der Waals surface area (Å²) in [6, 6.07) is 6.96. The third-order valence-corrected chi connectivity index (χ3v) is 4.32. The van der Waals surface area contributed by atoms with Gasteiger partial charge in [0.2, 0.25) is 5.91 Å². The molecule has 1 saturated heterocycles. The summed E-state index contributed by atoms with van der Waals surface area (Å²) >= 11 is 0. The van der Waals surface area contributed by atoms with Crippen molar-refractivity contribution in [2.24, 2.45) is 0 Å². The number of hydrogen-bond acceptors (Lipinski definition) is 4. The van der Waals surface area contributed by atoms with Gasteiger partial charge in [-0.2, -0.15) is 0 Å². The molecule has 1 amide bonds. The highest BCUT2D eigenvalue weighted by molar-refractivity contribution is 5.78. The standard InChI is InChI=1S/C17H21NO4/c19-12-14-3-1-4-15(11-14)22-10-5-16(20)18-8-2-9-21-13-17(18)6-7-17/h1,3-4,11-12H,2,5-10,13H2. The van der Waals surface area contributed by atoms with E-state index in [1.54, 1.807) is 24.3 Å². The maximum Gasteiger partial charge on any atom is 0.226 e. The zero-order valence-electron chi connectivity index (χ0n) is 12.6. The summed E-state index contributed by atoms with van der Waals surface area (Å²) < 4.78 is 11.2. The van der Waals surface area contributed by atoms with Crippen molar-refractivity contribution in [1.29, 1.82) is 0 Å². The quantitative estimate of drug-likeness (QED) is 0.781. The molecule has 2 aliphatic rings. The second-order valence-corrected chi connectivity index (χ2v) is 5.96. The van der Waals surface area contributed by atoms with Gasteiger partial charge in [0.25, 0.3) is 0 Å². The Balaban J connectivity index is 1.52. The molecule has 5 nitrogen and oxygen atoms in total. The van der Waals surface area contributed by atoms with Crippen molar-refractivity contribution >= 4 is 12.2 Å². The summed E-state index contributed by atoms with van der Waals surface area (Å²) in [6.07, 6.45) is 4.12. The lowest BCUT2D eigenvalue weighted by molar-refractivity contribution is -0.135. The van der Waals surface area contributed by atoms with E-state index in [4.69, 9.17) is 9.47 Å². The van der Waals surface area contributed by atoms with E-state index in [0.717, 1.165) is 38.7 Å². The molecule has 22 heavy (non-hydrogen) atoms. The van der Waals surface area contributed by atoms with Crippen LogP contribution in [0.2, 0.25) is 0 Å². The second-order valence-electron chi connectivity index (χ2n) is 5.96. The first-order valence-electron chi connectivity index (χ1n) is 7.80. The van der Waals surface area contributed by atoms with Gasteiger partial charge in [0, 0.05) is 18.7 Å². The average Bonchev–Trinajstić information content (AvgIpc) is 3.34. The number of ether oxygens (including phenoxy) is 2. The lowest BCUT2D eigenvalue weighted by Gasteiger charge is -2.29. The molecule has 1 aliphatic carbocycles. The Morgan fingerprint density at radius 1 is 1.41 bits per heavy atom. The van der Waals surface area contributed by atoms with Crippen LogP contribution >= 0.6 is 0 Å². The van der Waals surface area contributed by atoms with Crippen molar-refractivity contribution in [3.63, 3.8) is 0 Å². The highest BCUT2D eigenvalue weighted by atomic mass is 16.5. The van der Waals surface area contributed by atoms with E-state index in [0.29, 0.717) is 30.9 Å². The molecule has 1 aromatic carbocycles. The average molecular weight is 303 g/mol. The van der Waals surface area contributed by atoms with Crippen LogP contribution in [-0.4, -0.2) is 49.0 Å². The molecule has 3 rings (SSSR count). The van der Waals surface area contributed by atoms with Crippen LogP contribution in [-0.2, 0) is 9.53 Å². The zero-order chi connectivity index (χ0) is 15.4. The maximum atomic E-state index is 12.5. The first-order chi connectivity index (χ1) is 10.7. The number of benzene rings is 1. The summed E-state index contributed by atoms with van der Waals surface area (Å²) in [5, 5.41) is 0. The Morgan fingerprint density at radius 3 is 3.05 bits per heavy atom. The number of rotatable bonds is 5. The van der Waals surface area contributed by atoms with Crippen molar-refractivity contribution < 1.29 is 19.1 Å². The van der Waals surface area contributed by atoms with Crippen LogP contribution in [0.15, 0.2) is 24.3 Å². The van der Waals surface area contributed by atoms with Crippen molar-refractivity contribution in [3.05, 3.63) is 29.8 Å². The Bertz CT molecular complexity index is 553. The molecule has 1 aromatic rings. The predicted octanol–water partition coefficient (Wildman–Crippen LogP) is 2.05. The van der Waals surface area contributed by atoms with Gasteiger partial charge in [-0.15, -0.1) is 0 Å². The fourth-order valence-electron chi connectivity index (χ4n) is 2.92. The normalized spacial score (nSPS) is 19.5. The molecule has 5 heteroatoms. The molecular formula is C17H21NO4. The Kier molecular flexibility index (Phi) is 4.43. The molecule has 1 saturated carbocycles. The summed E-state index contributed by atoms with van der Waals surface area (Å²) in [5.74, 6) is 0.757. The van der Waals surface area contributed by atoms with Crippen LogP contribution in [0.1, 0.15) is 36.0 Å². The predicted molar refractivity (Wildman–Crippen MR) is 81.1 cm³/mol. The highest BCUT2D eigenvalue weighted by Crippen LogP contribution is 2.43. The Hall–Kier alpha value is -1.88. The maximum absolute atomic E-state index is 12.5. The van der Waals surface area contributed by atoms with Crippen LogP contribution in [0.25, 0.3) is 0 Å². The molecule has 1 spiro atoms. The van der Waals surface area contributed by atoms with E-state index in [9.17, 15) is 9.59 Å². The Morgan fingerprint density at radius 2 is 2.27 bits per heavy atom. The van der Waals surface area contributed by atoms with E-state index in [2.05, 4.69) is 0 Å². The monoisotopic (exact) mass is 303 g/mol. The largest absolute Gasteiger partial charge is 0.493 e. The fraction of sp³-hybridized carbons (Fsp3) is 0.529. The van der Waals surface area contributed by atoms with Gasteiger partial charge in [-0.05, 0) is 31.4 Å². The molecule has 0 unspecified atom stereocenters. The molecule has 1 heterocycles. The molecule has 1 aliphatic heterocycles. The third-order valence-electron chi connectivity index (χ3n) is 4.32. The van der Waals surface area contributed by atoms with Crippen molar-refractivity contribution in [2.45, 2.75) is 31.2 Å². The lowest BCUT2D eigenvalue weighted by atomic mass is 10.2. The fourth-order valence-corrected chi connectivity index (χ4v) is 2.92. The third kappa shape index (κ3) is 3.30. The molecule has 0 bridgehead atoms. The number of aldehydes is 1. The number of amides is 1. The van der Waals surface area contributed by atoms with Crippen LogP contribution in [0.4, 0.5) is 0 Å². The van der Waals surface area contributed by atoms with E-state index < -0.39 is 0 Å². The summed E-state index contributed by atoms with van der Waals surface area (Å²) in [5.41, 5.74) is 0.538. The lowest BCUT2D eigenvalue weighted by Crippen LogP contribution is -2.44. The first-order valence-corrected chi connectivity index (χ1v) is 7.80. The SMILES string of the molecule is O=Cc1cccc(OCCC(=O)N2CCCOCC23CC3)c1. The number of hydrogen-bond donors (Lipinski definition) is 0. The van der Waals surface area contributed by atoms with Gasteiger partial charge < -0.3 is 14.4 Å². The van der Waals surface area contributed by atoms with Crippen LogP contribution in [0.5, 0.6) is 5.75 Å². The van der Waals surface area contributed by atoms with Gasteiger partial charge in [-0.3, -0.25) is 9.59 Å². The summed E-state index contributed by atoms with van der Waals surface area (Å²) in [6.45, 7) is 2.51. The number of nitrogens with zero attached hydrogens (tertiary/aromatic N) is 1. The van der Waals surface area contributed by atoms with Gasteiger partial charge >= 0.3 is 0 Å². The van der Waals surface area contributed by atoms with Gasteiger partial charge in [-0.1, -0.05) is 12.1 Å². The van der Waals surface area contributed by atoms with Crippen molar-refractivity contribution in [2.75, 3.05) is 26.4 Å². The highest BCUT2D eigenvalue weighted by Gasteiger charge is 2.50. The smallest absolute Gasteiger partial charge is 0.226 e.